The van der Waals surface area contributed by atoms with Crippen molar-refractivity contribution >= 4 is 23.3 Å². The van der Waals surface area contributed by atoms with Gasteiger partial charge in [-0.1, -0.05) is 18.2 Å². The Kier molecular flexibility index (Phi) is 6.09. The van der Waals surface area contributed by atoms with Gasteiger partial charge in [0, 0.05) is 18.4 Å². The number of anilines is 1. The molecule has 3 rings (SSSR count). The highest BCUT2D eigenvalue weighted by Gasteiger charge is 2.15. The van der Waals surface area contributed by atoms with Crippen LogP contribution in [0.15, 0.2) is 36.4 Å². The summed E-state index contributed by atoms with van der Waals surface area (Å²) < 4.78 is 0. The highest BCUT2D eigenvalue weighted by molar-refractivity contribution is 6.00. The predicted octanol–water partition coefficient (Wildman–Crippen LogP) is 3.50. The number of carbonyl (C=O) groups is 3. The number of aromatic hydroxyl groups is 1. The molecule has 146 valence electrons. The van der Waals surface area contributed by atoms with Crippen molar-refractivity contribution in [2.45, 2.75) is 44.9 Å². The van der Waals surface area contributed by atoms with E-state index in [1.165, 1.54) is 35.7 Å². The van der Waals surface area contributed by atoms with Crippen molar-refractivity contribution < 1.29 is 24.6 Å². The highest BCUT2D eigenvalue weighted by atomic mass is 16.4. The van der Waals surface area contributed by atoms with Crippen LogP contribution < -0.4 is 5.32 Å². The Hall–Kier alpha value is -3.15. The third kappa shape index (κ3) is 4.97. The number of hydrogen-bond donors (Lipinski definition) is 3. The summed E-state index contributed by atoms with van der Waals surface area (Å²) in [6.45, 7) is 0. The van der Waals surface area contributed by atoms with E-state index in [-0.39, 0.29) is 36.5 Å². The number of carboxylic acids is 1. The zero-order valence-corrected chi connectivity index (χ0v) is 15.5. The van der Waals surface area contributed by atoms with Crippen LogP contribution in [0.1, 0.15) is 52.7 Å². The molecule has 0 aromatic heterocycles. The summed E-state index contributed by atoms with van der Waals surface area (Å²) >= 11 is 0. The smallest absolute Gasteiger partial charge is 0.307 e. The lowest BCUT2D eigenvalue weighted by atomic mass is 9.89. The fraction of sp³-hybridized carbons (Fsp3) is 0.318. The van der Waals surface area contributed by atoms with Crippen molar-refractivity contribution in [3.63, 3.8) is 0 Å². The third-order valence-electron chi connectivity index (χ3n) is 4.94. The molecular formula is C22H23NO5. The number of benzene rings is 2. The number of amides is 1. The van der Waals surface area contributed by atoms with E-state index in [1.54, 1.807) is 0 Å². The van der Waals surface area contributed by atoms with Crippen molar-refractivity contribution in [3.8, 4) is 5.75 Å². The molecule has 1 amide bonds. The molecule has 0 atom stereocenters. The van der Waals surface area contributed by atoms with Crippen LogP contribution in [-0.4, -0.2) is 27.9 Å². The number of ketones is 1. The van der Waals surface area contributed by atoms with Gasteiger partial charge in [0.15, 0.2) is 5.78 Å². The van der Waals surface area contributed by atoms with E-state index in [2.05, 4.69) is 5.32 Å². The maximum atomic E-state index is 12.4. The van der Waals surface area contributed by atoms with Gasteiger partial charge in [0.05, 0.1) is 12.1 Å². The van der Waals surface area contributed by atoms with Gasteiger partial charge in [-0.15, -0.1) is 0 Å². The molecule has 0 aliphatic heterocycles. The standard InChI is InChI=1S/C22H23NO5/c24-19(17-7-6-15-3-1-2-4-16(15)13-17)9-10-21(26)23-18-11-14(12-22(27)28)5-8-20(18)25/h5-8,11,13,25H,1-4,9-10,12H2,(H,23,26)(H,27,28). The molecule has 2 aromatic rings. The Morgan fingerprint density at radius 3 is 2.43 bits per heavy atom. The molecule has 0 saturated heterocycles. The van der Waals surface area contributed by atoms with E-state index in [0.29, 0.717) is 11.1 Å². The first-order valence-corrected chi connectivity index (χ1v) is 9.41. The Morgan fingerprint density at radius 2 is 1.68 bits per heavy atom. The Balaban J connectivity index is 1.58. The minimum absolute atomic E-state index is 0.0154. The van der Waals surface area contributed by atoms with Crippen molar-refractivity contribution in [1.82, 2.24) is 0 Å². The Morgan fingerprint density at radius 1 is 0.929 bits per heavy atom. The lowest BCUT2D eigenvalue weighted by Gasteiger charge is -2.16. The number of rotatable bonds is 7. The van der Waals surface area contributed by atoms with Gasteiger partial charge < -0.3 is 15.5 Å². The van der Waals surface area contributed by atoms with Crippen LogP contribution in [-0.2, 0) is 28.9 Å². The maximum absolute atomic E-state index is 12.4. The summed E-state index contributed by atoms with van der Waals surface area (Å²) in [6, 6.07) is 10.0. The van der Waals surface area contributed by atoms with E-state index < -0.39 is 11.9 Å². The summed E-state index contributed by atoms with van der Waals surface area (Å²) in [7, 11) is 0. The normalized spacial score (nSPS) is 12.9. The number of phenols is 1. The second-order valence-corrected chi connectivity index (χ2v) is 7.08. The first kappa shape index (κ1) is 19.6. The SMILES string of the molecule is O=C(O)Cc1ccc(O)c(NC(=O)CCC(=O)c2ccc3c(c2)CCCC3)c1. The van der Waals surface area contributed by atoms with E-state index >= 15 is 0 Å². The largest absolute Gasteiger partial charge is 0.506 e. The van der Waals surface area contributed by atoms with Crippen LogP contribution in [0, 0.1) is 0 Å². The number of Topliss-reactive ketones (excluding diaryl/α,β-unsaturated/α-hetero) is 1. The Labute approximate surface area is 163 Å². The number of phenolic OH excluding ortho intramolecular Hbond substituents is 1. The highest BCUT2D eigenvalue weighted by Crippen LogP contribution is 2.25. The first-order valence-electron chi connectivity index (χ1n) is 9.41. The second kappa shape index (κ2) is 8.69. The predicted molar refractivity (Wildman–Crippen MR) is 105 cm³/mol. The molecule has 0 radical (unpaired) electrons. The van der Waals surface area contributed by atoms with Gasteiger partial charge in [-0.2, -0.15) is 0 Å². The lowest BCUT2D eigenvalue weighted by molar-refractivity contribution is -0.136. The van der Waals surface area contributed by atoms with Gasteiger partial charge in [-0.05, 0) is 60.6 Å². The Bertz CT molecular complexity index is 919. The molecule has 1 aliphatic rings. The number of nitrogens with one attached hydrogen (secondary N) is 1. The van der Waals surface area contributed by atoms with Crippen LogP contribution in [0.3, 0.4) is 0 Å². The van der Waals surface area contributed by atoms with Gasteiger partial charge in [0.25, 0.3) is 0 Å². The molecule has 3 N–H and O–H groups in total. The first-order chi connectivity index (χ1) is 13.4. The number of hydrogen-bond acceptors (Lipinski definition) is 4. The van der Waals surface area contributed by atoms with Crippen molar-refractivity contribution in [3.05, 3.63) is 58.7 Å². The minimum Gasteiger partial charge on any atom is -0.506 e. The van der Waals surface area contributed by atoms with E-state index in [4.69, 9.17) is 5.11 Å². The lowest BCUT2D eigenvalue weighted by Crippen LogP contribution is -2.14. The summed E-state index contributed by atoms with van der Waals surface area (Å²) in [5, 5.41) is 21.3. The number of aryl methyl sites for hydroxylation is 2. The van der Waals surface area contributed by atoms with Gasteiger partial charge in [-0.25, -0.2) is 0 Å². The molecule has 2 aromatic carbocycles. The average Bonchev–Trinajstić information content (AvgIpc) is 2.68. The van der Waals surface area contributed by atoms with Crippen molar-refractivity contribution in [1.29, 1.82) is 0 Å². The quantitative estimate of drug-likeness (QED) is 0.503. The summed E-state index contributed by atoms with van der Waals surface area (Å²) in [5.41, 5.74) is 3.76. The van der Waals surface area contributed by atoms with Crippen molar-refractivity contribution in [2.24, 2.45) is 0 Å². The molecule has 0 heterocycles. The van der Waals surface area contributed by atoms with Crippen LogP contribution in [0.4, 0.5) is 5.69 Å². The summed E-state index contributed by atoms with van der Waals surface area (Å²) in [6.07, 6.45) is 4.21. The van der Waals surface area contributed by atoms with Gasteiger partial charge in [0.1, 0.15) is 5.75 Å². The number of carboxylic acid groups (broad SMARTS) is 1. The van der Waals surface area contributed by atoms with Gasteiger partial charge >= 0.3 is 5.97 Å². The van der Waals surface area contributed by atoms with Crippen LogP contribution in [0.25, 0.3) is 0 Å². The van der Waals surface area contributed by atoms with Gasteiger partial charge in [-0.3, -0.25) is 14.4 Å². The number of fused-ring (bicyclic) bond motifs is 1. The van der Waals surface area contributed by atoms with E-state index in [1.807, 2.05) is 18.2 Å². The summed E-state index contributed by atoms with van der Waals surface area (Å²) in [4.78, 5) is 35.4. The van der Waals surface area contributed by atoms with Crippen LogP contribution >= 0.6 is 0 Å². The molecule has 28 heavy (non-hydrogen) atoms. The molecule has 0 unspecified atom stereocenters. The third-order valence-corrected chi connectivity index (χ3v) is 4.94. The van der Waals surface area contributed by atoms with Crippen molar-refractivity contribution in [2.75, 3.05) is 5.32 Å². The molecule has 6 nitrogen and oxygen atoms in total. The molecule has 0 fully saturated rings. The van der Waals surface area contributed by atoms with E-state index in [0.717, 1.165) is 19.3 Å². The fourth-order valence-corrected chi connectivity index (χ4v) is 3.46. The molecule has 6 heteroatoms. The molecule has 1 aliphatic carbocycles. The zero-order valence-electron chi connectivity index (χ0n) is 15.5. The van der Waals surface area contributed by atoms with E-state index in [9.17, 15) is 19.5 Å². The summed E-state index contributed by atoms with van der Waals surface area (Å²) in [5.74, 6) is -1.65. The number of aliphatic carboxylic acids is 1. The maximum Gasteiger partial charge on any atom is 0.307 e. The molecule has 0 bridgehead atoms. The average molecular weight is 381 g/mol. The van der Waals surface area contributed by atoms with Crippen LogP contribution in [0.5, 0.6) is 5.75 Å². The topological polar surface area (TPSA) is 104 Å². The molecular weight excluding hydrogens is 358 g/mol. The second-order valence-electron chi connectivity index (χ2n) is 7.08. The van der Waals surface area contributed by atoms with Crippen LogP contribution in [0.2, 0.25) is 0 Å². The molecule has 0 saturated carbocycles. The number of carbonyl (C=O) groups excluding carboxylic acids is 2. The monoisotopic (exact) mass is 381 g/mol. The zero-order chi connectivity index (χ0) is 20.1. The minimum atomic E-state index is -1.00. The fourth-order valence-electron chi connectivity index (χ4n) is 3.46. The van der Waals surface area contributed by atoms with Gasteiger partial charge in [0.2, 0.25) is 5.91 Å². The molecule has 0 spiro atoms.